The van der Waals surface area contributed by atoms with Crippen molar-refractivity contribution in [2.45, 2.75) is 19.9 Å². The van der Waals surface area contributed by atoms with Gasteiger partial charge in [0.2, 0.25) is 0 Å². The minimum Gasteiger partial charge on any atom is -0.507 e. The molecule has 0 amide bonds. The van der Waals surface area contributed by atoms with Crippen molar-refractivity contribution in [3.05, 3.63) is 89.0 Å². The van der Waals surface area contributed by atoms with Gasteiger partial charge in [-0.3, -0.25) is 9.36 Å². The number of nitrogens with zero attached hydrogens (tertiary/aromatic N) is 3. The van der Waals surface area contributed by atoms with Crippen LogP contribution in [-0.2, 0) is 9.53 Å². The number of phenolic OH excluding ortho intramolecular Hbond substituents is 1. The Morgan fingerprint density at radius 2 is 1.97 bits per heavy atom. The zero-order chi connectivity index (χ0) is 24.6. The fraction of sp³-hybridized carbons (Fsp3) is 0.240. The molecule has 0 unspecified atom stereocenters. The zero-order valence-electron chi connectivity index (χ0n) is 19.2. The Labute approximate surface area is 209 Å². The Morgan fingerprint density at radius 1 is 1.26 bits per heavy atom. The van der Waals surface area contributed by atoms with E-state index in [0.29, 0.717) is 26.2 Å². The van der Waals surface area contributed by atoms with Gasteiger partial charge in [-0.25, -0.2) is 9.79 Å². The maximum Gasteiger partial charge on any atom is 0.338 e. The second-order valence-electron chi connectivity index (χ2n) is 7.99. The maximum absolute atomic E-state index is 13.6. The van der Waals surface area contributed by atoms with Gasteiger partial charge in [0.15, 0.2) is 4.80 Å². The quantitative estimate of drug-likeness (QED) is 0.501. The van der Waals surface area contributed by atoms with Crippen molar-refractivity contribution in [1.29, 1.82) is 0 Å². The van der Waals surface area contributed by atoms with Gasteiger partial charge in [-0.1, -0.05) is 39.4 Å². The summed E-state index contributed by atoms with van der Waals surface area (Å²) in [5.74, 6) is -0.433. The largest absolute Gasteiger partial charge is 0.507 e. The highest BCUT2D eigenvalue weighted by Gasteiger charge is 2.33. The van der Waals surface area contributed by atoms with Crippen LogP contribution >= 0.6 is 27.3 Å². The number of esters is 1. The fourth-order valence-corrected chi connectivity index (χ4v) is 5.26. The summed E-state index contributed by atoms with van der Waals surface area (Å²) in [5.41, 5.74) is 2.84. The van der Waals surface area contributed by atoms with Crippen molar-refractivity contribution < 1.29 is 14.6 Å². The van der Waals surface area contributed by atoms with E-state index in [9.17, 15) is 14.7 Å². The number of benzene rings is 2. The van der Waals surface area contributed by atoms with Gasteiger partial charge in [0.05, 0.1) is 28.5 Å². The molecule has 0 aliphatic carbocycles. The predicted octanol–water partition coefficient (Wildman–Crippen LogP) is 3.33. The first kappa shape index (κ1) is 24.0. The minimum absolute atomic E-state index is 0.0632. The molecule has 0 spiro atoms. The van der Waals surface area contributed by atoms with Crippen LogP contribution in [0, 0.1) is 0 Å². The summed E-state index contributed by atoms with van der Waals surface area (Å²) in [6.45, 7) is 3.72. The van der Waals surface area contributed by atoms with Gasteiger partial charge in [-0.2, -0.15) is 0 Å². The molecule has 0 radical (unpaired) electrons. The van der Waals surface area contributed by atoms with Crippen LogP contribution in [0.4, 0.5) is 5.69 Å². The summed E-state index contributed by atoms with van der Waals surface area (Å²) in [5, 5.41) is 10.3. The number of allylic oxidation sites excluding steroid dienone is 1. The van der Waals surface area contributed by atoms with E-state index in [4.69, 9.17) is 4.74 Å². The summed E-state index contributed by atoms with van der Waals surface area (Å²) >= 11 is 4.61. The number of ether oxygens (including phenoxy) is 1. The molecule has 1 aromatic heterocycles. The van der Waals surface area contributed by atoms with Crippen LogP contribution in [0.15, 0.2) is 68.0 Å². The molecule has 2 heterocycles. The number of hydrogen-bond acceptors (Lipinski definition) is 7. The monoisotopic (exact) mass is 541 g/mol. The molecule has 0 fully saturated rings. The molecule has 176 valence electrons. The normalized spacial score (nSPS) is 15.7. The molecule has 2 aromatic carbocycles. The van der Waals surface area contributed by atoms with Crippen molar-refractivity contribution >= 4 is 45.0 Å². The van der Waals surface area contributed by atoms with E-state index in [1.54, 1.807) is 38.1 Å². The number of phenols is 1. The number of fused-ring (bicyclic) bond motifs is 1. The third kappa shape index (κ3) is 4.45. The third-order valence-electron chi connectivity index (χ3n) is 5.52. The van der Waals surface area contributed by atoms with E-state index in [-0.39, 0.29) is 17.9 Å². The summed E-state index contributed by atoms with van der Waals surface area (Å²) in [6.07, 6.45) is 1.64. The molecule has 34 heavy (non-hydrogen) atoms. The van der Waals surface area contributed by atoms with Gasteiger partial charge in [0.25, 0.3) is 5.56 Å². The first-order chi connectivity index (χ1) is 16.2. The van der Waals surface area contributed by atoms with Crippen LogP contribution < -0.4 is 19.8 Å². The first-order valence-corrected chi connectivity index (χ1v) is 12.3. The highest BCUT2D eigenvalue weighted by Crippen LogP contribution is 2.31. The Morgan fingerprint density at radius 3 is 2.62 bits per heavy atom. The molecule has 0 bridgehead atoms. The average molecular weight is 542 g/mol. The third-order valence-corrected chi connectivity index (χ3v) is 6.99. The fourth-order valence-electron chi connectivity index (χ4n) is 3.84. The van der Waals surface area contributed by atoms with Crippen LogP contribution in [0.1, 0.15) is 31.0 Å². The SMILES string of the molecule is CCOC(=O)C1=C(C)N=c2s/c(=C\c3cc(Br)ccc3O)c(=O)n2[C@@H]1c1ccc(N(C)C)cc1. The number of anilines is 1. The van der Waals surface area contributed by atoms with Gasteiger partial charge in [-0.15, -0.1) is 0 Å². The molecule has 7 nitrogen and oxygen atoms in total. The Bertz CT molecular complexity index is 1470. The van der Waals surface area contributed by atoms with Crippen LogP contribution in [0.3, 0.4) is 0 Å². The number of carbonyl (C=O) groups is 1. The molecule has 3 aromatic rings. The first-order valence-electron chi connectivity index (χ1n) is 10.7. The minimum atomic E-state index is -0.676. The second kappa shape index (κ2) is 9.60. The topological polar surface area (TPSA) is 84.1 Å². The van der Waals surface area contributed by atoms with E-state index < -0.39 is 12.0 Å². The molecule has 1 N–H and O–H groups in total. The molecule has 1 atom stereocenters. The molecular formula is C25H24BrN3O4S. The van der Waals surface area contributed by atoms with Crippen LogP contribution in [0.2, 0.25) is 0 Å². The standard InChI is InChI=1S/C25H24BrN3O4S/c1-5-33-24(32)21-14(2)27-25-29(22(21)15-6-9-18(10-7-15)28(3)4)23(31)20(34-25)13-16-12-17(26)8-11-19(16)30/h6-13,22,30H,5H2,1-4H3/b20-13-/t22-/m1/s1. The number of carbonyl (C=O) groups excluding carboxylic acids is 1. The smallest absolute Gasteiger partial charge is 0.338 e. The molecule has 9 heteroatoms. The highest BCUT2D eigenvalue weighted by atomic mass is 79.9. The molecule has 0 saturated carbocycles. The molecule has 1 aliphatic rings. The van der Waals surface area contributed by atoms with Gasteiger partial charge >= 0.3 is 5.97 Å². The van der Waals surface area contributed by atoms with Crippen LogP contribution in [0.25, 0.3) is 6.08 Å². The summed E-state index contributed by atoms with van der Waals surface area (Å²) < 4.78 is 8.05. The number of thiazole rings is 1. The Kier molecular flexibility index (Phi) is 6.77. The summed E-state index contributed by atoms with van der Waals surface area (Å²) in [6, 6.07) is 12.1. The highest BCUT2D eigenvalue weighted by molar-refractivity contribution is 9.10. The lowest BCUT2D eigenvalue weighted by atomic mass is 9.95. The number of aromatic hydroxyl groups is 1. The van der Waals surface area contributed by atoms with Crippen molar-refractivity contribution in [3.8, 4) is 5.75 Å². The van der Waals surface area contributed by atoms with Gasteiger partial charge < -0.3 is 14.7 Å². The van der Waals surface area contributed by atoms with Crippen LogP contribution in [0.5, 0.6) is 5.75 Å². The van der Waals surface area contributed by atoms with Gasteiger partial charge in [-0.05, 0) is 55.8 Å². The second-order valence-corrected chi connectivity index (χ2v) is 9.92. The van der Waals surface area contributed by atoms with Crippen molar-refractivity contribution in [2.24, 2.45) is 4.99 Å². The number of aromatic nitrogens is 1. The number of halogens is 1. The average Bonchev–Trinajstić information content (AvgIpc) is 3.10. The number of hydrogen-bond donors (Lipinski definition) is 1. The van der Waals surface area contributed by atoms with E-state index >= 15 is 0 Å². The zero-order valence-corrected chi connectivity index (χ0v) is 21.6. The lowest BCUT2D eigenvalue weighted by Crippen LogP contribution is -2.39. The van der Waals surface area contributed by atoms with Crippen molar-refractivity contribution in [2.75, 3.05) is 25.6 Å². The van der Waals surface area contributed by atoms with E-state index in [0.717, 1.165) is 15.7 Å². The number of rotatable bonds is 5. The lowest BCUT2D eigenvalue weighted by Gasteiger charge is -2.25. The Balaban J connectivity index is 1.95. The van der Waals surface area contributed by atoms with Crippen molar-refractivity contribution in [3.63, 3.8) is 0 Å². The van der Waals surface area contributed by atoms with E-state index in [1.807, 2.05) is 43.3 Å². The summed E-state index contributed by atoms with van der Waals surface area (Å²) in [7, 11) is 3.90. The van der Waals surface area contributed by atoms with E-state index in [1.165, 1.54) is 15.9 Å². The Hall–Kier alpha value is -3.17. The van der Waals surface area contributed by atoms with Gasteiger partial charge in [0.1, 0.15) is 5.75 Å². The van der Waals surface area contributed by atoms with Gasteiger partial charge in [0, 0.05) is 29.8 Å². The molecule has 1 aliphatic heterocycles. The lowest BCUT2D eigenvalue weighted by molar-refractivity contribution is -0.139. The van der Waals surface area contributed by atoms with Crippen molar-refractivity contribution in [1.82, 2.24) is 4.57 Å². The molecular weight excluding hydrogens is 518 g/mol. The van der Waals surface area contributed by atoms with Crippen LogP contribution in [-0.4, -0.2) is 36.3 Å². The maximum atomic E-state index is 13.6. The molecule has 0 saturated heterocycles. The molecule has 4 rings (SSSR count). The predicted molar refractivity (Wildman–Crippen MR) is 137 cm³/mol. The van der Waals surface area contributed by atoms with E-state index in [2.05, 4.69) is 20.9 Å². The summed E-state index contributed by atoms with van der Waals surface area (Å²) in [4.78, 5) is 33.6.